The summed E-state index contributed by atoms with van der Waals surface area (Å²) < 4.78 is 24.2. The minimum Gasteiger partial charge on any atom is -0.317 e. The summed E-state index contributed by atoms with van der Waals surface area (Å²) in [6.07, 6.45) is 2.39. The second kappa shape index (κ2) is 5.95. The third kappa shape index (κ3) is 4.37. The fraction of sp³-hybridized carbons (Fsp3) is 1.00. The Labute approximate surface area is 98.8 Å². The summed E-state index contributed by atoms with van der Waals surface area (Å²) in [5, 5.41) is 3.20. The Morgan fingerprint density at radius 2 is 1.81 bits per heavy atom. The first-order chi connectivity index (χ1) is 7.43. The highest BCUT2D eigenvalue weighted by Gasteiger charge is 2.22. The fourth-order valence-corrected chi connectivity index (χ4v) is 2.63. The quantitative estimate of drug-likeness (QED) is 0.718. The van der Waals surface area contributed by atoms with Crippen molar-refractivity contribution < 1.29 is 8.42 Å². The molecule has 0 spiro atoms. The average Bonchev–Trinajstić information content (AvgIpc) is 2.25. The van der Waals surface area contributed by atoms with Gasteiger partial charge >= 0.3 is 0 Å². The lowest BCUT2D eigenvalue weighted by molar-refractivity contribution is 0.183. The normalized spacial score (nSPS) is 22.2. The molecule has 0 aromatic carbocycles. The van der Waals surface area contributed by atoms with Gasteiger partial charge in [-0.1, -0.05) is 0 Å². The third-order valence-corrected chi connectivity index (χ3v) is 4.47. The van der Waals surface area contributed by atoms with Gasteiger partial charge in [-0.3, -0.25) is 0 Å². The Hall–Kier alpha value is -0.170. The van der Waals surface area contributed by atoms with E-state index in [-0.39, 0.29) is 0 Å². The van der Waals surface area contributed by atoms with E-state index in [1.165, 1.54) is 6.26 Å². The zero-order valence-corrected chi connectivity index (χ0v) is 11.3. The minimum atomic E-state index is -2.99. The molecule has 5 nitrogen and oxygen atoms in total. The van der Waals surface area contributed by atoms with Gasteiger partial charge in [-0.2, -0.15) is 4.31 Å². The molecular formula is C10H23N3O2S. The van der Waals surface area contributed by atoms with Crippen molar-refractivity contribution in [3.05, 3.63) is 0 Å². The van der Waals surface area contributed by atoms with E-state index in [2.05, 4.69) is 17.1 Å². The molecule has 1 rings (SSSR count). The highest BCUT2D eigenvalue weighted by Crippen LogP contribution is 2.06. The van der Waals surface area contributed by atoms with Crippen molar-refractivity contribution in [2.24, 2.45) is 0 Å². The van der Waals surface area contributed by atoms with Crippen LogP contribution in [0.5, 0.6) is 0 Å². The molecule has 0 aromatic heterocycles. The van der Waals surface area contributed by atoms with Gasteiger partial charge in [0.2, 0.25) is 10.0 Å². The van der Waals surface area contributed by atoms with Crippen LogP contribution in [-0.2, 0) is 10.0 Å². The first-order valence-electron chi connectivity index (χ1n) is 5.78. The number of sulfonamides is 1. The lowest BCUT2D eigenvalue weighted by Crippen LogP contribution is -2.48. The maximum absolute atomic E-state index is 11.3. The van der Waals surface area contributed by atoms with E-state index < -0.39 is 10.0 Å². The highest BCUT2D eigenvalue weighted by molar-refractivity contribution is 7.88. The largest absolute Gasteiger partial charge is 0.317 e. The second-order valence-electron chi connectivity index (χ2n) is 4.48. The molecule has 0 saturated carbocycles. The van der Waals surface area contributed by atoms with E-state index in [9.17, 15) is 8.42 Å². The molecule has 0 aromatic rings. The molecule has 1 heterocycles. The maximum atomic E-state index is 11.3. The van der Waals surface area contributed by atoms with Gasteiger partial charge in [0.15, 0.2) is 0 Å². The van der Waals surface area contributed by atoms with Gasteiger partial charge in [-0.05, 0) is 26.9 Å². The molecule has 0 bridgehead atoms. The molecule has 1 saturated heterocycles. The number of piperazine rings is 1. The van der Waals surface area contributed by atoms with E-state index in [4.69, 9.17) is 0 Å². The number of nitrogens with zero attached hydrogens (tertiary/aromatic N) is 2. The van der Waals surface area contributed by atoms with Crippen LogP contribution in [-0.4, -0.2) is 69.7 Å². The Bertz CT molecular complexity index is 297. The second-order valence-corrected chi connectivity index (χ2v) is 6.46. The zero-order valence-electron chi connectivity index (χ0n) is 10.4. The Kier molecular flexibility index (Phi) is 5.17. The van der Waals surface area contributed by atoms with Crippen LogP contribution in [0.2, 0.25) is 0 Å². The van der Waals surface area contributed by atoms with Gasteiger partial charge in [-0.25, -0.2) is 8.42 Å². The summed E-state index contributed by atoms with van der Waals surface area (Å²) in [7, 11) is -1.03. The molecule has 1 N–H and O–H groups in total. The molecule has 96 valence electrons. The molecule has 1 fully saturated rings. The van der Waals surface area contributed by atoms with Crippen molar-refractivity contribution in [1.82, 2.24) is 14.5 Å². The molecule has 0 radical (unpaired) electrons. The predicted molar refractivity (Wildman–Crippen MR) is 66.0 cm³/mol. The number of rotatable bonds is 5. The molecule has 1 aliphatic rings. The highest BCUT2D eigenvalue weighted by atomic mass is 32.2. The summed E-state index contributed by atoms with van der Waals surface area (Å²) >= 11 is 0. The van der Waals surface area contributed by atoms with Crippen molar-refractivity contribution in [3.63, 3.8) is 0 Å². The van der Waals surface area contributed by atoms with Crippen LogP contribution in [0.4, 0.5) is 0 Å². The Balaban J connectivity index is 2.27. The summed E-state index contributed by atoms with van der Waals surface area (Å²) in [5.41, 5.74) is 0. The van der Waals surface area contributed by atoms with E-state index in [0.717, 1.165) is 26.1 Å². The number of hydrogen-bond donors (Lipinski definition) is 1. The van der Waals surface area contributed by atoms with Gasteiger partial charge < -0.3 is 10.2 Å². The first kappa shape index (κ1) is 13.9. The lowest BCUT2D eigenvalue weighted by Gasteiger charge is -2.33. The van der Waals surface area contributed by atoms with E-state index in [1.54, 1.807) is 4.31 Å². The standard InChI is InChI=1S/C10H23N3O2S/c1-10(11-2)4-5-12-6-8-13(9-7-12)16(3,14)15/h10-11H,4-9H2,1-3H3. The molecular weight excluding hydrogens is 226 g/mol. The van der Waals surface area contributed by atoms with Gasteiger partial charge in [-0.15, -0.1) is 0 Å². The van der Waals surface area contributed by atoms with Gasteiger partial charge in [0.1, 0.15) is 0 Å². The summed E-state index contributed by atoms with van der Waals surface area (Å²) in [6.45, 7) is 6.17. The first-order valence-corrected chi connectivity index (χ1v) is 7.63. The van der Waals surface area contributed by atoms with Crippen LogP contribution in [0, 0.1) is 0 Å². The molecule has 16 heavy (non-hydrogen) atoms. The van der Waals surface area contributed by atoms with Crippen molar-refractivity contribution in [2.45, 2.75) is 19.4 Å². The minimum absolute atomic E-state index is 0.521. The Morgan fingerprint density at radius 3 is 2.25 bits per heavy atom. The van der Waals surface area contributed by atoms with Crippen LogP contribution in [0.15, 0.2) is 0 Å². The third-order valence-electron chi connectivity index (χ3n) is 3.17. The molecule has 0 amide bonds. The molecule has 1 atom stereocenters. The number of nitrogens with one attached hydrogen (secondary N) is 1. The summed E-state index contributed by atoms with van der Waals surface area (Å²) in [5.74, 6) is 0. The van der Waals surface area contributed by atoms with Crippen molar-refractivity contribution >= 4 is 10.0 Å². The van der Waals surface area contributed by atoms with Crippen LogP contribution < -0.4 is 5.32 Å². The molecule has 0 aliphatic carbocycles. The van der Waals surface area contributed by atoms with Crippen LogP contribution in [0.25, 0.3) is 0 Å². The van der Waals surface area contributed by atoms with Crippen molar-refractivity contribution in [2.75, 3.05) is 46.0 Å². The van der Waals surface area contributed by atoms with Crippen molar-refractivity contribution in [3.8, 4) is 0 Å². The lowest BCUT2D eigenvalue weighted by atomic mass is 10.2. The monoisotopic (exact) mass is 249 g/mol. The van der Waals surface area contributed by atoms with E-state index in [0.29, 0.717) is 19.1 Å². The topological polar surface area (TPSA) is 52.6 Å². The SMILES string of the molecule is CNC(C)CCN1CCN(S(C)(=O)=O)CC1. The maximum Gasteiger partial charge on any atom is 0.211 e. The van der Waals surface area contributed by atoms with Gasteiger partial charge in [0.05, 0.1) is 6.26 Å². The van der Waals surface area contributed by atoms with Crippen molar-refractivity contribution in [1.29, 1.82) is 0 Å². The molecule has 6 heteroatoms. The van der Waals surface area contributed by atoms with Crippen LogP contribution in [0.1, 0.15) is 13.3 Å². The average molecular weight is 249 g/mol. The van der Waals surface area contributed by atoms with E-state index >= 15 is 0 Å². The number of hydrogen-bond acceptors (Lipinski definition) is 4. The zero-order chi connectivity index (χ0) is 12.2. The molecule has 1 aliphatic heterocycles. The fourth-order valence-electron chi connectivity index (χ4n) is 1.81. The van der Waals surface area contributed by atoms with Crippen LogP contribution in [0.3, 0.4) is 0 Å². The van der Waals surface area contributed by atoms with Crippen LogP contribution >= 0.6 is 0 Å². The smallest absolute Gasteiger partial charge is 0.211 e. The predicted octanol–water partition coefficient (Wildman–Crippen LogP) is -0.438. The van der Waals surface area contributed by atoms with Gasteiger partial charge in [0.25, 0.3) is 0 Å². The Morgan fingerprint density at radius 1 is 1.25 bits per heavy atom. The summed E-state index contributed by atoms with van der Waals surface area (Å²) in [4.78, 5) is 2.33. The van der Waals surface area contributed by atoms with Gasteiger partial charge in [0, 0.05) is 32.2 Å². The summed E-state index contributed by atoms with van der Waals surface area (Å²) in [6, 6.07) is 0.521. The molecule has 1 unspecified atom stereocenters. The van der Waals surface area contributed by atoms with E-state index in [1.807, 2.05) is 7.05 Å².